The topological polar surface area (TPSA) is 101 Å². The molecule has 0 aliphatic heterocycles. The van der Waals surface area contributed by atoms with Crippen LogP contribution < -0.4 is 5.73 Å². The Labute approximate surface area is 110 Å². The first kappa shape index (κ1) is 13.3. The Kier molecular flexibility index (Phi) is 3.94. The molecule has 0 fully saturated rings. The van der Waals surface area contributed by atoms with E-state index in [-0.39, 0.29) is 6.42 Å². The summed E-state index contributed by atoms with van der Waals surface area (Å²) in [4.78, 5) is 10.7. The summed E-state index contributed by atoms with van der Waals surface area (Å²) < 4.78 is 1.58. The molecule has 0 aliphatic carbocycles. The van der Waals surface area contributed by atoms with Crippen molar-refractivity contribution in [1.29, 1.82) is 0 Å². The molecule has 1 amide bonds. The zero-order valence-electron chi connectivity index (χ0n) is 10.2. The van der Waals surface area contributed by atoms with Gasteiger partial charge >= 0.3 is 0 Å². The molecule has 2 rings (SSSR count). The molecule has 2 atom stereocenters. The van der Waals surface area contributed by atoms with Crippen molar-refractivity contribution in [2.24, 2.45) is 5.73 Å². The number of aliphatic hydroxyl groups is 2. The van der Waals surface area contributed by atoms with E-state index in [9.17, 15) is 15.0 Å². The number of nitrogens with zero attached hydrogens (tertiary/aromatic N) is 2. The Balaban J connectivity index is 2.15. The lowest BCUT2D eigenvalue weighted by atomic mass is 10.1. The van der Waals surface area contributed by atoms with Crippen molar-refractivity contribution in [3.8, 4) is 5.69 Å². The lowest BCUT2D eigenvalue weighted by molar-refractivity contribution is -0.121. The summed E-state index contributed by atoms with van der Waals surface area (Å²) in [5, 5.41) is 23.6. The molecule has 4 N–H and O–H groups in total. The van der Waals surface area contributed by atoms with Crippen LogP contribution in [0.3, 0.4) is 0 Å². The zero-order chi connectivity index (χ0) is 13.8. The maximum atomic E-state index is 10.7. The number of hydrogen-bond acceptors (Lipinski definition) is 4. The second-order valence-corrected chi connectivity index (χ2v) is 4.24. The highest BCUT2D eigenvalue weighted by Crippen LogP contribution is 2.19. The highest BCUT2D eigenvalue weighted by atomic mass is 16.3. The molecule has 19 heavy (non-hydrogen) atoms. The number of aromatic nitrogens is 2. The number of amides is 1. The van der Waals surface area contributed by atoms with Crippen LogP contribution in [0.5, 0.6) is 0 Å². The van der Waals surface area contributed by atoms with E-state index >= 15 is 0 Å². The Hall–Kier alpha value is -2.18. The molecule has 0 saturated heterocycles. The fourth-order valence-corrected chi connectivity index (χ4v) is 1.75. The summed E-state index contributed by atoms with van der Waals surface area (Å²) in [6, 6.07) is 9.36. The third kappa shape index (κ3) is 3.18. The van der Waals surface area contributed by atoms with Gasteiger partial charge in [-0.1, -0.05) is 18.2 Å². The van der Waals surface area contributed by atoms with Crippen molar-refractivity contribution >= 4 is 5.91 Å². The van der Waals surface area contributed by atoms with Gasteiger partial charge in [0.25, 0.3) is 0 Å². The van der Waals surface area contributed by atoms with Gasteiger partial charge in [-0.25, -0.2) is 4.68 Å². The Morgan fingerprint density at radius 3 is 2.63 bits per heavy atom. The van der Waals surface area contributed by atoms with Crippen molar-refractivity contribution in [2.75, 3.05) is 0 Å². The number of nitrogens with two attached hydrogens (primary N) is 1. The number of primary amides is 1. The van der Waals surface area contributed by atoms with Crippen LogP contribution in [0.25, 0.3) is 5.69 Å². The first-order valence-corrected chi connectivity index (χ1v) is 5.82. The summed E-state index contributed by atoms with van der Waals surface area (Å²) in [5.74, 6) is -0.665. The standard InChI is InChI=1S/C13H15N3O3/c14-12(18)6-11(17)13(19)9-7-15-16(8-9)10-4-2-1-3-5-10/h1-5,7-8,11,13,17,19H,6H2,(H2,14,18). The number of para-hydroxylation sites is 1. The van der Waals surface area contributed by atoms with Crippen molar-refractivity contribution in [1.82, 2.24) is 9.78 Å². The Morgan fingerprint density at radius 1 is 1.32 bits per heavy atom. The second-order valence-electron chi connectivity index (χ2n) is 4.24. The number of aliphatic hydroxyl groups excluding tert-OH is 2. The number of carbonyl (C=O) groups excluding carboxylic acids is 1. The average molecular weight is 261 g/mol. The summed E-state index contributed by atoms with van der Waals surface area (Å²) in [6.45, 7) is 0. The lowest BCUT2D eigenvalue weighted by Gasteiger charge is -2.14. The van der Waals surface area contributed by atoms with Gasteiger partial charge in [0.15, 0.2) is 0 Å². The van der Waals surface area contributed by atoms with Crippen LogP contribution in [-0.2, 0) is 4.79 Å². The molecule has 1 aromatic carbocycles. The predicted octanol–water partition coefficient (Wildman–Crippen LogP) is 0.142. The first-order valence-electron chi connectivity index (χ1n) is 5.82. The summed E-state index contributed by atoms with van der Waals surface area (Å²) in [5.41, 5.74) is 6.24. The summed E-state index contributed by atoms with van der Waals surface area (Å²) in [6.07, 6.45) is 0.333. The summed E-state index contributed by atoms with van der Waals surface area (Å²) in [7, 11) is 0. The zero-order valence-corrected chi connectivity index (χ0v) is 10.2. The van der Waals surface area contributed by atoms with Gasteiger partial charge in [-0.3, -0.25) is 4.79 Å². The molecule has 100 valence electrons. The Morgan fingerprint density at radius 2 is 2.00 bits per heavy atom. The van der Waals surface area contributed by atoms with Gasteiger partial charge in [0.05, 0.1) is 24.4 Å². The molecule has 0 radical (unpaired) electrons. The van der Waals surface area contributed by atoms with Crippen LogP contribution in [0, 0.1) is 0 Å². The van der Waals surface area contributed by atoms with Crippen LogP contribution in [0.1, 0.15) is 18.1 Å². The van der Waals surface area contributed by atoms with Crippen LogP contribution in [0.4, 0.5) is 0 Å². The van der Waals surface area contributed by atoms with E-state index in [2.05, 4.69) is 5.10 Å². The molecule has 1 heterocycles. The molecule has 6 nitrogen and oxygen atoms in total. The SMILES string of the molecule is NC(=O)CC(O)C(O)c1cnn(-c2ccccc2)c1. The van der Waals surface area contributed by atoms with Crippen molar-refractivity contribution in [2.45, 2.75) is 18.6 Å². The van der Waals surface area contributed by atoms with E-state index in [1.807, 2.05) is 30.3 Å². The molecule has 0 spiro atoms. The van der Waals surface area contributed by atoms with E-state index in [1.165, 1.54) is 6.20 Å². The second kappa shape index (κ2) is 5.64. The van der Waals surface area contributed by atoms with Gasteiger partial charge in [-0.15, -0.1) is 0 Å². The van der Waals surface area contributed by atoms with Crippen LogP contribution in [0.15, 0.2) is 42.7 Å². The third-order valence-corrected chi connectivity index (χ3v) is 2.74. The minimum absolute atomic E-state index is 0.294. The molecule has 2 aromatic rings. The maximum absolute atomic E-state index is 10.7. The van der Waals surface area contributed by atoms with E-state index < -0.39 is 18.1 Å². The minimum atomic E-state index is -1.23. The van der Waals surface area contributed by atoms with E-state index in [0.717, 1.165) is 5.69 Å². The minimum Gasteiger partial charge on any atom is -0.390 e. The van der Waals surface area contributed by atoms with E-state index in [4.69, 9.17) is 5.73 Å². The summed E-state index contributed by atoms with van der Waals surface area (Å²) >= 11 is 0. The van der Waals surface area contributed by atoms with Crippen molar-refractivity contribution in [3.63, 3.8) is 0 Å². The van der Waals surface area contributed by atoms with Crippen LogP contribution in [-0.4, -0.2) is 32.0 Å². The molecular weight excluding hydrogens is 246 g/mol. The van der Waals surface area contributed by atoms with Crippen molar-refractivity contribution < 1.29 is 15.0 Å². The molecule has 1 aromatic heterocycles. The molecule has 6 heteroatoms. The Bertz CT molecular complexity index is 553. The van der Waals surface area contributed by atoms with Gasteiger partial charge in [-0.05, 0) is 12.1 Å². The molecule has 0 bridgehead atoms. The normalized spacial score (nSPS) is 14.0. The van der Waals surface area contributed by atoms with Gasteiger partial charge < -0.3 is 15.9 Å². The van der Waals surface area contributed by atoms with E-state index in [1.54, 1.807) is 10.9 Å². The number of benzene rings is 1. The lowest BCUT2D eigenvalue weighted by Crippen LogP contribution is -2.25. The number of carbonyl (C=O) groups is 1. The van der Waals surface area contributed by atoms with Crippen LogP contribution in [0.2, 0.25) is 0 Å². The number of hydrogen-bond donors (Lipinski definition) is 3. The van der Waals surface area contributed by atoms with Crippen molar-refractivity contribution in [3.05, 3.63) is 48.3 Å². The van der Waals surface area contributed by atoms with Gasteiger partial charge in [0.1, 0.15) is 6.10 Å². The highest BCUT2D eigenvalue weighted by molar-refractivity contribution is 5.74. The number of rotatable bonds is 5. The highest BCUT2D eigenvalue weighted by Gasteiger charge is 2.21. The predicted molar refractivity (Wildman–Crippen MR) is 68.3 cm³/mol. The van der Waals surface area contributed by atoms with E-state index in [0.29, 0.717) is 5.56 Å². The average Bonchev–Trinajstić information content (AvgIpc) is 2.87. The van der Waals surface area contributed by atoms with Crippen LogP contribution >= 0.6 is 0 Å². The quantitative estimate of drug-likeness (QED) is 0.712. The van der Waals surface area contributed by atoms with Gasteiger partial charge in [0, 0.05) is 11.8 Å². The maximum Gasteiger partial charge on any atom is 0.220 e. The molecular formula is C13H15N3O3. The molecule has 0 aliphatic rings. The monoisotopic (exact) mass is 261 g/mol. The fourth-order valence-electron chi connectivity index (χ4n) is 1.75. The largest absolute Gasteiger partial charge is 0.390 e. The molecule has 2 unspecified atom stereocenters. The fraction of sp³-hybridized carbons (Fsp3) is 0.231. The smallest absolute Gasteiger partial charge is 0.220 e. The van der Waals surface area contributed by atoms with Gasteiger partial charge in [-0.2, -0.15) is 5.10 Å². The third-order valence-electron chi connectivity index (χ3n) is 2.74. The molecule has 0 saturated carbocycles. The van der Waals surface area contributed by atoms with Gasteiger partial charge in [0.2, 0.25) is 5.91 Å². The first-order chi connectivity index (χ1) is 9.08.